The van der Waals surface area contributed by atoms with Gasteiger partial charge in [0.2, 0.25) is 6.04 Å². The number of nitrogens with zero attached hydrogens (tertiary/aromatic N) is 1. The Labute approximate surface area is 87.8 Å². The van der Waals surface area contributed by atoms with Crippen molar-refractivity contribution in [2.45, 2.75) is 13.0 Å². The van der Waals surface area contributed by atoms with Crippen LogP contribution in [-0.4, -0.2) is 60.9 Å². The molecule has 0 radical (unpaired) electrons. The molecule has 1 fully saturated rings. The number of ether oxygens (including phenoxy) is 2. The van der Waals surface area contributed by atoms with Crippen LogP contribution in [0.4, 0.5) is 0 Å². The Morgan fingerprint density at radius 3 is 2.53 bits per heavy atom. The average Bonchev–Trinajstić information content (AvgIpc) is 2.19. The second kappa shape index (κ2) is 5.67. The molecule has 0 amide bonds. The molecule has 0 aromatic rings. The Morgan fingerprint density at radius 1 is 1.47 bits per heavy atom. The maximum Gasteiger partial charge on any atom is 0.335 e. The van der Waals surface area contributed by atoms with Crippen LogP contribution in [0.15, 0.2) is 0 Å². The number of carboxylic acid groups (broad SMARTS) is 1. The number of hydrogen-bond donors (Lipinski definition) is 1. The minimum absolute atomic E-state index is 0.187. The van der Waals surface area contributed by atoms with Crippen LogP contribution in [0.2, 0.25) is 0 Å². The van der Waals surface area contributed by atoms with Crippen molar-refractivity contribution >= 4 is 11.9 Å². The van der Waals surface area contributed by atoms with Gasteiger partial charge in [-0.1, -0.05) is 0 Å². The number of morpholine rings is 1. The van der Waals surface area contributed by atoms with Gasteiger partial charge in [0.1, 0.15) is 0 Å². The normalized spacial score (nSPS) is 19.5. The Morgan fingerprint density at radius 2 is 2.07 bits per heavy atom. The summed E-state index contributed by atoms with van der Waals surface area (Å²) in [6, 6.07) is -1.20. The minimum Gasteiger partial charge on any atom is -0.480 e. The van der Waals surface area contributed by atoms with E-state index in [4.69, 9.17) is 14.6 Å². The highest BCUT2D eigenvalue weighted by atomic mass is 16.5. The number of esters is 1. The fraction of sp³-hybridized carbons (Fsp3) is 0.778. The summed E-state index contributed by atoms with van der Waals surface area (Å²) in [4.78, 5) is 23.9. The summed E-state index contributed by atoms with van der Waals surface area (Å²) < 4.78 is 9.80. The molecule has 6 heteroatoms. The van der Waals surface area contributed by atoms with Crippen LogP contribution >= 0.6 is 0 Å². The van der Waals surface area contributed by atoms with Gasteiger partial charge in [-0.25, -0.2) is 9.59 Å². The lowest BCUT2D eigenvalue weighted by molar-refractivity contribution is -0.162. The van der Waals surface area contributed by atoms with Crippen LogP contribution in [0.1, 0.15) is 6.92 Å². The molecule has 0 aromatic carbocycles. The van der Waals surface area contributed by atoms with E-state index in [1.165, 1.54) is 0 Å². The maximum atomic E-state index is 11.4. The molecule has 0 aliphatic carbocycles. The largest absolute Gasteiger partial charge is 0.480 e. The van der Waals surface area contributed by atoms with Gasteiger partial charge in [-0.3, -0.25) is 4.90 Å². The van der Waals surface area contributed by atoms with E-state index in [0.29, 0.717) is 26.3 Å². The summed E-state index contributed by atoms with van der Waals surface area (Å²) in [5, 5.41) is 8.94. The van der Waals surface area contributed by atoms with Crippen molar-refractivity contribution in [1.29, 1.82) is 0 Å². The lowest BCUT2D eigenvalue weighted by atomic mass is 10.2. The summed E-state index contributed by atoms with van der Waals surface area (Å²) in [5.41, 5.74) is 0. The van der Waals surface area contributed by atoms with Gasteiger partial charge < -0.3 is 14.6 Å². The molecule has 1 heterocycles. The molecule has 0 saturated carbocycles. The first-order valence-corrected chi connectivity index (χ1v) is 4.88. The number of carbonyl (C=O) groups excluding carboxylic acids is 1. The molecule has 1 aliphatic heterocycles. The first kappa shape index (κ1) is 11.9. The van der Waals surface area contributed by atoms with Crippen LogP contribution in [0.5, 0.6) is 0 Å². The number of aliphatic carboxylic acids is 1. The molecule has 0 spiro atoms. The second-order valence-corrected chi connectivity index (χ2v) is 3.14. The smallest absolute Gasteiger partial charge is 0.335 e. The summed E-state index contributed by atoms with van der Waals surface area (Å²) >= 11 is 0. The van der Waals surface area contributed by atoms with E-state index in [9.17, 15) is 9.59 Å². The SMILES string of the molecule is CCOC(=O)C(C(=O)O)N1CCOCC1. The molecule has 0 bridgehead atoms. The molecule has 1 saturated heterocycles. The molecule has 1 unspecified atom stereocenters. The third-order valence-corrected chi connectivity index (χ3v) is 2.15. The Kier molecular flexibility index (Phi) is 4.51. The highest BCUT2D eigenvalue weighted by Crippen LogP contribution is 2.06. The lowest BCUT2D eigenvalue weighted by Gasteiger charge is -2.30. The summed E-state index contributed by atoms with van der Waals surface area (Å²) in [6.45, 7) is 3.61. The Balaban J connectivity index is 2.63. The van der Waals surface area contributed by atoms with E-state index in [2.05, 4.69) is 0 Å². The van der Waals surface area contributed by atoms with Crippen molar-refractivity contribution < 1.29 is 24.2 Å². The topological polar surface area (TPSA) is 76.1 Å². The molecule has 6 nitrogen and oxygen atoms in total. The second-order valence-electron chi connectivity index (χ2n) is 3.14. The van der Waals surface area contributed by atoms with Crippen molar-refractivity contribution in [3.05, 3.63) is 0 Å². The predicted molar refractivity (Wildman–Crippen MR) is 50.4 cm³/mol. The van der Waals surface area contributed by atoms with Crippen molar-refractivity contribution in [3.63, 3.8) is 0 Å². The van der Waals surface area contributed by atoms with Crippen molar-refractivity contribution in [1.82, 2.24) is 4.90 Å². The summed E-state index contributed by atoms with van der Waals surface area (Å²) in [7, 11) is 0. The number of carboxylic acids is 1. The van der Waals surface area contributed by atoms with Crippen LogP contribution < -0.4 is 0 Å². The highest BCUT2D eigenvalue weighted by Gasteiger charge is 2.34. The van der Waals surface area contributed by atoms with Gasteiger partial charge >= 0.3 is 11.9 Å². The third-order valence-electron chi connectivity index (χ3n) is 2.15. The quantitative estimate of drug-likeness (QED) is 0.497. The van der Waals surface area contributed by atoms with Gasteiger partial charge in [-0.05, 0) is 6.92 Å². The van der Waals surface area contributed by atoms with Gasteiger partial charge in [0.05, 0.1) is 19.8 Å². The molecular weight excluding hydrogens is 202 g/mol. The standard InChI is InChI=1S/C9H15NO5/c1-2-15-9(13)7(8(11)12)10-3-5-14-6-4-10/h7H,2-6H2,1H3,(H,11,12). The summed E-state index contributed by atoms with van der Waals surface area (Å²) in [5.74, 6) is -1.87. The fourth-order valence-electron chi connectivity index (χ4n) is 1.46. The molecule has 86 valence electrons. The van der Waals surface area contributed by atoms with E-state index < -0.39 is 18.0 Å². The van der Waals surface area contributed by atoms with E-state index in [-0.39, 0.29) is 6.61 Å². The Hall–Kier alpha value is -1.14. The number of hydrogen-bond acceptors (Lipinski definition) is 5. The molecule has 15 heavy (non-hydrogen) atoms. The molecule has 0 aromatic heterocycles. The number of rotatable bonds is 4. The Bertz CT molecular complexity index is 237. The first-order chi connectivity index (χ1) is 7.16. The monoisotopic (exact) mass is 217 g/mol. The van der Waals surface area contributed by atoms with E-state index in [0.717, 1.165) is 0 Å². The van der Waals surface area contributed by atoms with E-state index in [1.807, 2.05) is 0 Å². The first-order valence-electron chi connectivity index (χ1n) is 4.88. The van der Waals surface area contributed by atoms with Crippen molar-refractivity contribution in [3.8, 4) is 0 Å². The van der Waals surface area contributed by atoms with Gasteiger partial charge in [-0.15, -0.1) is 0 Å². The highest BCUT2D eigenvalue weighted by molar-refractivity contribution is 5.98. The van der Waals surface area contributed by atoms with Crippen LogP contribution in [-0.2, 0) is 19.1 Å². The predicted octanol–water partition coefficient (Wildman–Crippen LogP) is -0.665. The summed E-state index contributed by atoms with van der Waals surface area (Å²) in [6.07, 6.45) is 0. The van der Waals surface area contributed by atoms with Crippen LogP contribution in [0.3, 0.4) is 0 Å². The number of carbonyl (C=O) groups is 2. The van der Waals surface area contributed by atoms with Gasteiger partial charge in [0, 0.05) is 13.1 Å². The minimum atomic E-state index is -1.20. The third kappa shape index (κ3) is 3.17. The van der Waals surface area contributed by atoms with Gasteiger partial charge in [0.15, 0.2) is 0 Å². The molecule has 1 aliphatic rings. The van der Waals surface area contributed by atoms with Crippen molar-refractivity contribution in [2.75, 3.05) is 32.9 Å². The fourth-order valence-corrected chi connectivity index (χ4v) is 1.46. The maximum absolute atomic E-state index is 11.4. The van der Waals surface area contributed by atoms with Crippen molar-refractivity contribution in [2.24, 2.45) is 0 Å². The molecule has 1 atom stereocenters. The zero-order valence-corrected chi connectivity index (χ0v) is 8.64. The van der Waals surface area contributed by atoms with E-state index >= 15 is 0 Å². The zero-order chi connectivity index (χ0) is 11.3. The molecule has 1 rings (SSSR count). The zero-order valence-electron chi connectivity index (χ0n) is 8.64. The van der Waals surface area contributed by atoms with E-state index in [1.54, 1.807) is 11.8 Å². The lowest BCUT2D eigenvalue weighted by Crippen LogP contribution is -2.52. The molecule has 1 N–H and O–H groups in total. The van der Waals surface area contributed by atoms with Gasteiger partial charge in [-0.2, -0.15) is 0 Å². The molecular formula is C9H15NO5. The average molecular weight is 217 g/mol. The van der Waals surface area contributed by atoms with Gasteiger partial charge in [0.25, 0.3) is 0 Å². The van der Waals surface area contributed by atoms with Crippen LogP contribution in [0, 0.1) is 0 Å². The van der Waals surface area contributed by atoms with Crippen LogP contribution in [0.25, 0.3) is 0 Å².